The molecule has 0 amide bonds. The van der Waals surface area contributed by atoms with Crippen LogP contribution in [0.2, 0.25) is 0 Å². The highest BCUT2D eigenvalue weighted by Gasteiger charge is 2.26. The molecule has 5 rings (SSSR count). The first kappa shape index (κ1) is 27.6. The van der Waals surface area contributed by atoms with Crippen LogP contribution in [0.3, 0.4) is 0 Å². The molecule has 0 radical (unpaired) electrons. The Bertz CT molecular complexity index is 1480. The van der Waals surface area contributed by atoms with Gasteiger partial charge in [0.15, 0.2) is 0 Å². The molecule has 0 unspecified atom stereocenters. The number of nitrogens with zero attached hydrogens (tertiary/aromatic N) is 4. The fourth-order valence-corrected chi connectivity index (χ4v) is 7.04. The second kappa shape index (κ2) is 12.5. The molecule has 2 aromatic carbocycles. The molecule has 0 bridgehead atoms. The van der Waals surface area contributed by atoms with Gasteiger partial charge in [0.25, 0.3) is 0 Å². The van der Waals surface area contributed by atoms with Gasteiger partial charge in [-0.1, -0.05) is 12.8 Å². The van der Waals surface area contributed by atoms with E-state index in [-0.39, 0.29) is 4.90 Å². The molecular formula is C28H34N4O5S2. The number of ether oxygens (including phenoxy) is 3. The second-order valence-corrected chi connectivity index (χ2v) is 12.3. The molecule has 39 heavy (non-hydrogen) atoms. The van der Waals surface area contributed by atoms with Gasteiger partial charge in [0.1, 0.15) is 11.5 Å². The van der Waals surface area contributed by atoms with E-state index >= 15 is 0 Å². The van der Waals surface area contributed by atoms with Crippen molar-refractivity contribution in [1.82, 2.24) is 8.98 Å². The summed E-state index contributed by atoms with van der Waals surface area (Å²) in [5.74, 6) is 1.44. The molecule has 2 heterocycles. The standard InChI is InChI=1S/C28H34N4O5S2/c1-35-23-11-14-27(36-2)25(19-23)26-20-38-28(32(26)30-22-7-5-3-4-6-8-22)29-21-9-12-24(13-10-21)39(33,34)31-15-17-37-18-16-31/h9-14,19-20H,3-8,15-18H2,1-2H3. The quantitative estimate of drug-likeness (QED) is 0.371. The number of benzene rings is 2. The van der Waals surface area contributed by atoms with Crippen LogP contribution in [0, 0.1) is 0 Å². The Hall–Kier alpha value is -2.99. The van der Waals surface area contributed by atoms with Crippen molar-refractivity contribution in [2.45, 2.75) is 43.4 Å². The summed E-state index contributed by atoms with van der Waals surface area (Å²) in [6.45, 7) is 1.54. The third-order valence-electron chi connectivity index (χ3n) is 6.96. The summed E-state index contributed by atoms with van der Waals surface area (Å²) in [6, 6.07) is 12.4. The lowest BCUT2D eigenvalue weighted by Crippen LogP contribution is -2.40. The molecule has 9 nitrogen and oxygen atoms in total. The van der Waals surface area contributed by atoms with E-state index in [0.29, 0.717) is 42.5 Å². The van der Waals surface area contributed by atoms with Crippen molar-refractivity contribution in [3.05, 3.63) is 52.6 Å². The fourth-order valence-electron chi connectivity index (χ4n) is 4.79. The van der Waals surface area contributed by atoms with E-state index in [2.05, 4.69) is 0 Å². The maximum atomic E-state index is 13.0. The van der Waals surface area contributed by atoms with Gasteiger partial charge in [-0.15, -0.1) is 11.3 Å². The smallest absolute Gasteiger partial charge is 0.243 e. The highest BCUT2D eigenvalue weighted by molar-refractivity contribution is 7.89. The third kappa shape index (κ3) is 6.27. The highest BCUT2D eigenvalue weighted by Crippen LogP contribution is 2.34. The van der Waals surface area contributed by atoms with Crippen LogP contribution in [0.1, 0.15) is 38.5 Å². The van der Waals surface area contributed by atoms with E-state index in [0.717, 1.165) is 48.4 Å². The molecule has 11 heteroatoms. The lowest BCUT2D eigenvalue weighted by molar-refractivity contribution is 0.0730. The van der Waals surface area contributed by atoms with E-state index in [1.165, 1.54) is 28.5 Å². The summed E-state index contributed by atoms with van der Waals surface area (Å²) in [5, 5.41) is 7.12. The number of morpholine rings is 1. The van der Waals surface area contributed by atoms with Gasteiger partial charge >= 0.3 is 0 Å². The van der Waals surface area contributed by atoms with Crippen LogP contribution in [0.15, 0.2) is 62.8 Å². The predicted molar refractivity (Wildman–Crippen MR) is 153 cm³/mol. The molecule has 3 aromatic rings. The number of methoxy groups -OCH3 is 2. The minimum atomic E-state index is -3.57. The molecule has 1 aliphatic carbocycles. The van der Waals surface area contributed by atoms with E-state index in [1.807, 2.05) is 28.3 Å². The lowest BCUT2D eigenvalue weighted by atomic mass is 10.1. The summed E-state index contributed by atoms with van der Waals surface area (Å²) in [7, 11) is -0.276. The predicted octanol–water partition coefficient (Wildman–Crippen LogP) is 5.05. The first-order valence-corrected chi connectivity index (χ1v) is 15.5. The summed E-state index contributed by atoms with van der Waals surface area (Å²) in [6.07, 6.45) is 6.64. The monoisotopic (exact) mass is 570 g/mol. The average molecular weight is 571 g/mol. The SMILES string of the molecule is COc1ccc(OC)c(-c2csc(=Nc3ccc(S(=O)(=O)N4CCOCC4)cc3)n2N=C2CCCCCC2)c1. The Morgan fingerprint density at radius 1 is 0.923 bits per heavy atom. The Balaban J connectivity index is 1.56. The normalized spacial score (nSPS) is 17.6. The number of thiazole rings is 1. The van der Waals surface area contributed by atoms with Crippen molar-refractivity contribution in [2.75, 3.05) is 40.5 Å². The summed E-state index contributed by atoms with van der Waals surface area (Å²) >= 11 is 1.48. The number of hydrogen-bond donors (Lipinski definition) is 0. The minimum Gasteiger partial charge on any atom is -0.497 e. The Kier molecular flexibility index (Phi) is 8.81. The first-order valence-electron chi connectivity index (χ1n) is 13.2. The zero-order valence-electron chi connectivity index (χ0n) is 22.3. The van der Waals surface area contributed by atoms with Gasteiger partial charge in [-0.25, -0.2) is 18.1 Å². The van der Waals surface area contributed by atoms with Crippen molar-refractivity contribution in [1.29, 1.82) is 0 Å². The Morgan fingerprint density at radius 3 is 2.31 bits per heavy atom. The highest BCUT2D eigenvalue weighted by atomic mass is 32.2. The maximum absolute atomic E-state index is 13.0. The Labute approximate surface area is 233 Å². The van der Waals surface area contributed by atoms with Crippen LogP contribution in [0.4, 0.5) is 5.69 Å². The summed E-state index contributed by atoms with van der Waals surface area (Å²) < 4.78 is 45.9. The van der Waals surface area contributed by atoms with Gasteiger partial charge < -0.3 is 14.2 Å². The molecule has 1 saturated heterocycles. The van der Waals surface area contributed by atoms with E-state index in [1.54, 1.807) is 38.5 Å². The maximum Gasteiger partial charge on any atom is 0.243 e. The molecule has 208 valence electrons. The van der Waals surface area contributed by atoms with E-state index in [4.69, 9.17) is 24.3 Å². The van der Waals surface area contributed by atoms with Gasteiger partial charge in [-0.2, -0.15) is 9.41 Å². The molecule has 0 spiro atoms. The van der Waals surface area contributed by atoms with Gasteiger partial charge in [-0.05, 0) is 68.1 Å². The number of hydrogen-bond acceptors (Lipinski definition) is 8. The molecule has 1 aromatic heterocycles. The number of aromatic nitrogens is 1. The second-order valence-electron chi connectivity index (χ2n) is 9.48. The zero-order valence-corrected chi connectivity index (χ0v) is 24.0. The topological polar surface area (TPSA) is 94.7 Å². The zero-order chi connectivity index (χ0) is 27.2. The van der Waals surface area contributed by atoms with Crippen molar-refractivity contribution >= 4 is 32.8 Å². The molecule has 1 saturated carbocycles. The largest absolute Gasteiger partial charge is 0.497 e. The average Bonchev–Trinajstić information content (AvgIpc) is 3.16. The minimum absolute atomic E-state index is 0.253. The molecule has 1 aliphatic heterocycles. The van der Waals surface area contributed by atoms with Crippen molar-refractivity contribution in [2.24, 2.45) is 10.1 Å². The van der Waals surface area contributed by atoms with Crippen molar-refractivity contribution < 1.29 is 22.6 Å². The van der Waals surface area contributed by atoms with Crippen LogP contribution in [0.25, 0.3) is 11.3 Å². The van der Waals surface area contributed by atoms with Gasteiger partial charge in [-0.3, -0.25) is 0 Å². The molecule has 2 fully saturated rings. The molecule has 2 aliphatic rings. The van der Waals surface area contributed by atoms with Gasteiger partial charge in [0.05, 0.1) is 43.7 Å². The fraction of sp³-hybridized carbons (Fsp3) is 0.429. The van der Waals surface area contributed by atoms with Crippen LogP contribution in [-0.2, 0) is 14.8 Å². The van der Waals surface area contributed by atoms with Crippen LogP contribution >= 0.6 is 11.3 Å². The van der Waals surface area contributed by atoms with E-state index < -0.39 is 10.0 Å². The summed E-state index contributed by atoms with van der Waals surface area (Å²) in [4.78, 5) is 5.83. The molecular weight excluding hydrogens is 536 g/mol. The van der Waals surface area contributed by atoms with Gasteiger partial charge in [0.2, 0.25) is 14.8 Å². The number of rotatable bonds is 7. The first-order chi connectivity index (χ1) is 19.0. The van der Waals surface area contributed by atoms with Crippen LogP contribution in [0.5, 0.6) is 11.5 Å². The van der Waals surface area contributed by atoms with Crippen molar-refractivity contribution in [3.8, 4) is 22.8 Å². The Morgan fingerprint density at radius 2 is 1.64 bits per heavy atom. The van der Waals surface area contributed by atoms with Crippen LogP contribution in [-0.4, -0.2) is 63.6 Å². The van der Waals surface area contributed by atoms with Crippen molar-refractivity contribution in [3.63, 3.8) is 0 Å². The summed E-state index contributed by atoms with van der Waals surface area (Å²) in [5.41, 5.74) is 3.52. The molecule has 0 atom stereocenters. The number of sulfonamides is 1. The molecule has 0 N–H and O–H groups in total. The third-order valence-corrected chi connectivity index (χ3v) is 9.69. The lowest BCUT2D eigenvalue weighted by Gasteiger charge is -2.26. The van der Waals surface area contributed by atoms with Crippen LogP contribution < -0.4 is 14.3 Å². The van der Waals surface area contributed by atoms with E-state index in [9.17, 15) is 8.42 Å². The van der Waals surface area contributed by atoms with Gasteiger partial charge in [0, 0.05) is 29.7 Å².